The predicted molar refractivity (Wildman–Crippen MR) is 99.9 cm³/mol. The second-order valence-electron chi connectivity index (χ2n) is 6.70. The van der Waals surface area contributed by atoms with Gasteiger partial charge in [-0.1, -0.05) is 12.1 Å². The molecule has 2 unspecified atom stereocenters. The first-order chi connectivity index (χ1) is 13.5. The summed E-state index contributed by atoms with van der Waals surface area (Å²) >= 11 is 0. The van der Waals surface area contributed by atoms with Gasteiger partial charge in [0.1, 0.15) is 18.1 Å². The molecule has 2 atom stereocenters. The minimum atomic E-state index is -1.02. The highest BCUT2D eigenvalue weighted by molar-refractivity contribution is 6.09. The van der Waals surface area contributed by atoms with Crippen LogP contribution in [0.15, 0.2) is 42.5 Å². The zero-order valence-corrected chi connectivity index (χ0v) is 15.0. The van der Waals surface area contributed by atoms with Crippen molar-refractivity contribution in [2.75, 3.05) is 23.4 Å². The molecule has 0 spiro atoms. The predicted octanol–water partition coefficient (Wildman–Crippen LogP) is 2.15. The van der Waals surface area contributed by atoms with Crippen LogP contribution in [0.1, 0.15) is 17.3 Å². The second-order valence-corrected chi connectivity index (χ2v) is 6.70. The van der Waals surface area contributed by atoms with E-state index >= 15 is 0 Å². The first-order valence-corrected chi connectivity index (χ1v) is 8.80. The highest BCUT2D eigenvalue weighted by atomic mass is 16.5. The van der Waals surface area contributed by atoms with Crippen LogP contribution in [0, 0.1) is 5.92 Å². The standard InChI is InChI=1S/C20H18N2O6/c1-11(20(25)26)15-9-27-17-5-3-2-4-14(17)22(15)19(24)12-6-7-16-13(8-12)21-18(23)10-28-16/h2-8,11,15H,9-10H2,1H3,(H,21,23)(H,25,26). The van der Waals surface area contributed by atoms with E-state index in [1.807, 2.05) is 0 Å². The van der Waals surface area contributed by atoms with E-state index in [1.54, 1.807) is 43.3 Å². The van der Waals surface area contributed by atoms with Gasteiger partial charge in [-0.05, 0) is 37.3 Å². The van der Waals surface area contributed by atoms with Gasteiger partial charge in [-0.15, -0.1) is 0 Å². The third-order valence-electron chi connectivity index (χ3n) is 4.91. The number of amides is 2. The SMILES string of the molecule is CC(C(=O)O)C1COc2ccccc2N1C(=O)c1ccc2c(c1)NC(=O)CO2. The molecule has 2 aromatic carbocycles. The summed E-state index contributed by atoms with van der Waals surface area (Å²) in [5, 5.41) is 12.2. The van der Waals surface area contributed by atoms with Crippen molar-refractivity contribution in [3.63, 3.8) is 0 Å². The lowest BCUT2D eigenvalue weighted by atomic mass is 9.97. The maximum absolute atomic E-state index is 13.4. The van der Waals surface area contributed by atoms with Gasteiger partial charge in [0.2, 0.25) is 0 Å². The van der Waals surface area contributed by atoms with Crippen LogP contribution >= 0.6 is 0 Å². The molecule has 28 heavy (non-hydrogen) atoms. The molecule has 2 N–H and O–H groups in total. The molecule has 2 amide bonds. The van der Waals surface area contributed by atoms with Gasteiger partial charge in [0.15, 0.2) is 6.61 Å². The van der Waals surface area contributed by atoms with Crippen molar-refractivity contribution >= 4 is 29.2 Å². The molecular weight excluding hydrogens is 364 g/mol. The van der Waals surface area contributed by atoms with Crippen LogP contribution in [0.3, 0.4) is 0 Å². The molecule has 2 aliphatic heterocycles. The van der Waals surface area contributed by atoms with Crippen molar-refractivity contribution in [2.45, 2.75) is 13.0 Å². The van der Waals surface area contributed by atoms with E-state index in [2.05, 4.69) is 5.32 Å². The van der Waals surface area contributed by atoms with Crippen molar-refractivity contribution in [1.82, 2.24) is 0 Å². The topological polar surface area (TPSA) is 105 Å². The maximum atomic E-state index is 13.4. The Morgan fingerprint density at radius 3 is 2.75 bits per heavy atom. The second kappa shape index (κ2) is 6.88. The van der Waals surface area contributed by atoms with Crippen molar-refractivity contribution in [3.8, 4) is 11.5 Å². The van der Waals surface area contributed by atoms with Crippen molar-refractivity contribution in [1.29, 1.82) is 0 Å². The monoisotopic (exact) mass is 382 g/mol. The number of carbonyl (C=O) groups is 3. The summed E-state index contributed by atoms with van der Waals surface area (Å²) in [6.45, 7) is 1.54. The number of hydrogen-bond donors (Lipinski definition) is 2. The summed E-state index contributed by atoms with van der Waals surface area (Å²) in [5.74, 6) is -1.54. The van der Waals surface area contributed by atoms with E-state index in [4.69, 9.17) is 9.47 Å². The first kappa shape index (κ1) is 17.8. The number of para-hydroxylation sites is 2. The largest absolute Gasteiger partial charge is 0.489 e. The fourth-order valence-corrected chi connectivity index (χ4v) is 3.35. The molecular formula is C20H18N2O6. The Morgan fingerprint density at radius 1 is 1.18 bits per heavy atom. The molecule has 0 fully saturated rings. The summed E-state index contributed by atoms with van der Waals surface area (Å²) in [4.78, 5) is 38.0. The Balaban J connectivity index is 1.75. The lowest BCUT2D eigenvalue weighted by Gasteiger charge is -2.39. The number of nitrogens with one attached hydrogen (secondary N) is 1. The summed E-state index contributed by atoms with van der Waals surface area (Å²) in [7, 11) is 0. The minimum absolute atomic E-state index is 0.0704. The number of aliphatic carboxylic acids is 1. The number of anilines is 2. The van der Waals surface area contributed by atoms with E-state index in [0.29, 0.717) is 28.4 Å². The van der Waals surface area contributed by atoms with Gasteiger partial charge in [-0.25, -0.2) is 0 Å². The lowest BCUT2D eigenvalue weighted by molar-refractivity contribution is -0.142. The third-order valence-corrected chi connectivity index (χ3v) is 4.91. The molecule has 0 saturated heterocycles. The molecule has 2 aliphatic rings. The summed E-state index contributed by atoms with van der Waals surface area (Å²) in [6.07, 6.45) is 0. The summed E-state index contributed by atoms with van der Waals surface area (Å²) < 4.78 is 11.0. The number of carbonyl (C=O) groups excluding carboxylic acids is 2. The van der Waals surface area contributed by atoms with E-state index in [1.165, 1.54) is 11.0 Å². The molecule has 0 saturated carbocycles. The van der Waals surface area contributed by atoms with Crippen molar-refractivity contribution < 1.29 is 29.0 Å². The molecule has 0 bridgehead atoms. The Labute approximate surface area is 160 Å². The van der Waals surface area contributed by atoms with Crippen LogP contribution in [-0.4, -0.2) is 42.1 Å². The van der Waals surface area contributed by atoms with E-state index < -0.39 is 17.9 Å². The smallest absolute Gasteiger partial charge is 0.308 e. The minimum Gasteiger partial charge on any atom is -0.489 e. The van der Waals surface area contributed by atoms with Crippen LogP contribution in [0.2, 0.25) is 0 Å². The maximum Gasteiger partial charge on any atom is 0.308 e. The molecule has 2 heterocycles. The Kier molecular flexibility index (Phi) is 4.38. The summed E-state index contributed by atoms with van der Waals surface area (Å²) in [5.41, 5.74) is 1.23. The van der Waals surface area contributed by atoms with Crippen LogP contribution < -0.4 is 19.7 Å². The molecule has 4 rings (SSSR count). The zero-order chi connectivity index (χ0) is 19.8. The van der Waals surface area contributed by atoms with E-state index in [9.17, 15) is 19.5 Å². The van der Waals surface area contributed by atoms with Crippen LogP contribution in [0.25, 0.3) is 0 Å². The van der Waals surface area contributed by atoms with Gasteiger partial charge in [0, 0.05) is 5.56 Å². The molecule has 8 heteroatoms. The molecule has 144 valence electrons. The lowest BCUT2D eigenvalue weighted by Crippen LogP contribution is -2.52. The van der Waals surface area contributed by atoms with Crippen LogP contribution in [0.4, 0.5) is 11.4 Å². The fourth-order valence-electron chi connectivity index (χ4n) is 3.35. The third kappa shape index (κ3) is 3.02. The number of carboxylic acid groups (broad SMARTS) is 1. The number of hydrogen-bond acceptors (Lipinski definition) is 5. The van der Waals surface area contributed by atoms with Crippen LogP contribution in [0.5, 0.6) is 11.5 Å². The number of rotatable bonds is 3. The van der Waals surface area contributed by atoms with Crippen molar-refractivity contribution in [2.24, 2.45) is 5.92 Å². The van der Waals surface area contributed by atoms with Gasteiger partial charge in [-0.3, -0.25) is 19.3 Å². The highest BCUT2D eigenvalue weighted by Gasteiger charge is 2.39. The van der Waals surface area contributed by atoms with Gasteiger partial charge in [0.25, 0.3) is 11.8 Å². The number of fused-ring (bicyclic) bond motifs is 2. The fraction of sp³-hybridized carbons (Fsp3) is 0.250. The normalized spacial score (nSPS) is 18.7. The van der Waals surface area contributed by atoms with Gasteiger partial charge >= 0.3 is 5.97 Å². The molecule has 0 aliphatic carbocycles. The first-order valence-electron chi connectivity index (χ1n) is 8.80. The van der Waals surface area contributed by atoms with Gasteiger partial charge in [0.05, 0.1) is 23.3 Å². The quantitative estimate of drug-likeness (QED) is 0.843. The number of nitrogens with zero attached hydrogens (tertiary/aromatic N) is 1. The Morgan fingerprint density at radius 2 is 1.96 bits per heavy atom. The number of benzene rings is 2. The zero-order valence-electron chi connectivity index (χ0n) is 15.0. The molecule has 2 aromatic rings. The van der Waals surface area contributed by atoms with Crippen LogP contribution in [-0.2, 0) is 9.59 Å². The molecule has 8 nitrogen and oxygen atoms in total. The highest BCUT2D eigenvalue weighted by Crippen LogP contribution is 2.37. The molecule has 0 radical (unpaired) electrons. The van der Waals surface area contributed by atoms with E-state index in [-0.39, 0.29) is 25.0 Å². The Hall–Kier alpha value is -3.55. The summed E-state index contributed by atoms with van der Waals surface area (Å²) in [6, 6.07) is 11.1. The average Bonchev–Trinajstić information content (AvgIpc) is 2.71. The number of carboxylic acids is 1. The van der Waals surface area contributed by atoms with Gasteiger partial charge in [-0.2, -0.15) is 0 Å². The Bertz CT molecular complexity index is 973. The van der Waals surface area contributed by atoms with Gasteiger partial charge < -0.3 is 19.9 Å². The number of ether oxygens (including phenoxy) is 2. The average molecular weight is 382 g/mol. The molecule has 0 aromatic heterocycles. The van der Waals surface area contributed by atoms with E-state index in [0.717, 1.165) is 0 Å². The van der Waals surface area contributed by atoms with Crippen molar-refractivity contribution in [3.05, 3.63) is 48.0 Å².